The number of benzene rings is 2. The molecule has 2 heterocycles. The Labute approximate surface area is 169 Å². The van der Waals surface area contributed by atoms with Crippen molar-refractivity contribution in [2.45, 2.75) is 17.2 Å². The van der Waals surface area contributed by atoms with Crippen LogP contribution in [0.4, 0.5) is 8.78 Å². The van der Waals surface area contributed by atoms with Crippen LogP contribution in [0.5, 0.6) is 11.5 Å². The molecular formula is C19H14F2N2O6S. The normalized spacial score (nSPS) is 12.9. The van der Waals surface area contributed by atoms with Gasteiger partial charge in [-0.05, 0) is 30.3 Å². The zero-order valence-electron chi connectivity index (χ0n) is 15.2. The Bertz CT molecular complexity index is 1210. The molecule has 30 heavy (non-hydrogen) atoms. The van der Waals surface area contributed by atoms with E-state index in [9.17, 15) is 22.0 Å². The molecule has 1 amide bonds. The van der Waals surface area contributed by atoms with Crippen molar-refractivity contribution in [3.8, 4) is 22.8 Å². The predicted octanol–water partition coefficient (Wildman–Crippen LogP) is 3.00. The van der Waals surface area contributed by atoms with Crippen LogP contribution >= 0.6 is 0 Å². The van der Waals surface area contributed by atoms with Gasteiger partial charge in [0, 0.05) is 11.6 Å². The number of carbonyl (C=O) groups is 1. The van der Waals surface area contributed by atoms with Crippen molar-refractivity contribution in [3.63, 3.8) is 0 Å². The summed E-state index contributed by atoms with van der Waals surface area (Å²) in [5.41, 5.74) is 0.653. The van der Waals surface area contributed by atoms with Gasteiger partial charge in [-0.25, -0.2) is 8.42 Å². The first-order valence-electron chi connectivity index (χ1n) is 8.61. The van der Waals surface area contributed by atoms with Gasteiger partial charge in [0.1, 0.15) is 5.69 Å². The zero-order valence-corrected chi connectivity index (χ0v) is 16.0. The largest absolute Gasteiger partial charge is 0.454 e. The third-order valence-corrected chi connectivity index (χ3v) is 5.76. The molecule has 0 saturated heterocycles. The van der Waals surface area contributed by atoms with Crippen molar-refractivity contribution >= 4 is 15.7 Å². The Morgan fingerprint density at radius 1 is 1.10 bits per heavy atom. The molecule has 8 nitrogen and oxygen atoms in total. The summed E-state index contributed by atoms with van der Waals surface area (Å²) in [5.74, 6) is -2.87. The fourth-order valence-electron chi connectivity index (χ4n) is 2.85. The Balaban J connectivity index is 1.48. The molecule has 2 aromatic carbocycles. The molecule has 0 atom stereocenters. The van der Waals surface area contributed by atoms with Gasteiger partial charge in [0.05, 0.1) is 17.0 Å². The number of rotatable bonds is 6. The van der Waals surface area contributed by atoms with Crippen LogP contribution in [0.2, 0.25) is 0 Å². The summed E-state index contributed by atoms with van der Waals surface area (Å²) < 4.78 is 65.2. The van der Waals surface area contributed by atoms with Gasteiger partial charge in [-0.3, -0.25) is 4.79 Å². The first-order chi connectivity index (χ1) is 14.4. The van der Waals surface area contributed by atoms with Gasteiger partial charge in [0.25, 0.3) is 5.91 Å². The first-order valence-corrected chi connectivity index (χ1v) is 10.2. The molecule has 0 fully saturated rings. The van der Waals surface area contributed by atoms with Crippen LogP contribution in [0, 0.1) is 0 Å². The lowest BCUT2D eigenvalue weighted by Crippen LogP contribution is -2.26. The van der Waals surface area contributed by atoms with Crippen molar-refractivity contribution in [1.29, 1.82) is 0 Å². The third kappa shape index (κ3) is 3.71. The summed E-state index contributed by atoms with van der Waals surface area (Å²) >= 11 is 0. The number of hydrogen-bond acceptors (Lipinski definition) is 7. The summed E-state index contributed by atoms with van der Waals surface area (Å²) in [5, 5.41) is 6.31. The maximum atomic E-state index is 12.9. The Hall–Kier alpha value is -3.47. The highest BCUT2D eigenvalue weighted by molar-refractivity contribution is 7.91. The number of fused-ring (bicyclic) bond motifs is 1. The number of sulfone groups is 1. The molecule has 0 bridgehead atoms. The van der Waals surface area contributed by atoms with E-state index in [1.54, 1.807) is 24.3 Å². The summed E-state index contributed by atoms with van der Waals surface area (Å²) in [7, 11) is -4.92. The fraction of sp³-hybridized carbons (Fsp3) is 0.158. The van der Waals surface area contributed by atoms with E-state index in [1.165, 1.54) is 12.1 Å². The number of aromatic nitrogens is 1. The molecular weight excluding hydrogens is 422 g/mol. The summed E-state index contributed by atoms with van der Waals surface area (Å²) in [6, 6.07) is 11.5. The number of hydrogen-bond donors (Lipinski definition) is 1. The average Bonchev–Trinajstić information content (AvgIpc) is 3.40. The quantitative estimate of drug-likeness (QED) is 0.633. The molecule has 1 aliphatic heterocycles. The van der Waals surface area contributed by atoms with Crippen LogP contribution in [0.15, 0.2) is 57.9 Å². The van der Waals surface area contributed by atoms with Crippen molar-refractivity contribution in [3.05, 3.63) is 59.8 Å². The fourth-order valence-corrected chi connectivity index (χ4v) is 3.77. The molecule has 1 aliphatic rings. The van der Waals surface area contributed by atoms with Crippen LogP contribution in [0.3, 0.4) is 0 Å². The van der Waals surface area contributed by atoms with Gasteiger partial charge in [-0.2, -0.15) is 8.78 Å². The second-order valence-electron chi connectivity index (χ2n) is 6.24. The van der Waals surface area contributed by atoms with E-state index in [0.29, 0.717) is 28.5 Å². The van der Waals surface area contributed by atoms with E-state index in [1.807, 2.05) is 0 Å². The molecule has 1 N–H and O–H groups in total. The van der Waals surface area contributed by atoms with Gasteiger partial charge in [0.15, 0.2) is 17.3 Å². The molecule has 0 saturated carbocycles. The van der Waals surface area contributed by atoms with Gasteiger partial charge < -0.3 is 19.3 Å². The Morgan fingerprint density at radius 3 is 2.67 bits per heavy atom. The van der Waals surface area contributed by atoms with Crippen molar-refractivity contribution in [2.24, 2.45) is 0 Å². The van der Waals surface area contributed by atoms with Gasteiger partial charge >= 0.3 is 5.76 Å². The van der Waals surface area contributed by atoms with E-state index in [0.717, 1.165) is 12.1 Å². The minimum absolute atomic E-state index is 0.101. The second kappa shape index (κ2) is 7.75. The number of nitrogens with zero attached hydrogens (tertiary/aromatic N) is 1. The Morgan fingerprint density at radius 2 is 1.87 bits per heavy atom. The first kappa shape index (κ1) is 19.8. The topological polar surface area (TPSA) is 108 Å². The van der Waals surface area contributed by atoms with Crippen LogP contribution < -0.4 is 14.8 Å². The number of halogens is 2. The highest BCUT2D eigenvalue weighted by atomic mass is 32.2. The van der Waals surface area contributed by atoms with Crippen LogP contribution in [0.1, 0.15) is 16.1 Å². The molecule has 0 radical (unpaired) electrons. The highest BCUT2D eigenvalue weighted by Gasteiger charge is 2.30. The summed E-state index contributed by atoms with van der Waals surface area (Å²) in [6.45, 7) is 0.0329. The van der Waals surface area contributed by atoms with E-state index in [4.69, 9.17) is 14.0 Å². The van der Waals surface area contributed by atoms with Crippen molar-refractivity contribution in [2.75, 3.05) is 6.79 Å². The maximum absolute atomic E-state index is 12.9. The van der Waals surface area contributed by atoms with Gasteiger partial charge in [-0.15, -0.1) is 0 Å². The summed E-state index contributed by atoms with van der Waals surface area (Å²) in [6.07, 6.45) is 0. The van der Waals surface area contributed by atoms with Gasteiger partial charge in [-0.1, -0.05) is 17.3 Å². The maximum Gasteiger partial charge on any atom is 0.341 e. The van der Waals surface area contributed by atoms with Crippen LogP contribution in [0.25, 0.3) is 11.3 Å². The molecule has 1 aromatic heterocycles. The van der Waals surface area contributed by atoms with E-state index >= 15 is 0 Å². The van der Waals surface area contributed by atoms with Crippen molar-refractivity contribution < 1.29 is 36.0 Å². The third-order valence-electron chi connectivity index (χ3n) is 4.32. The summed E-state index contributed by atoms with van der Waals surface area (Å²) in [4.78, 5) is 11.7. The zero-order chi connectivity index (χ0) is 21.3. The monoisotopic (exact) mass is 436 g/mol. The lowest BCUT2D eigenvalue weighted by molar-refractivity contribution is 0.0946. The SMILES string of the molecule is O=C(NCc1cc(-c2ccc3c(c2)OCO3)on1)c1ccccc1S(=O)(=O)C(F)F. The van der Waals surface area contributed by atoms with E-state index in [-0.39, 0.29) is 18.9 Å². The van der Waals surface area contributed by atoms with Crippen molar-refractivity contribution in [1.82, 2.24) is 10.5 Å². The molecule has 0 aliphatic carbocycles. The van der Waals surface area contributed by atoms with Crippen LogP contribution in [-0.2, 0) is 16.4 Å². The molecule has 0 unspecified atom stereocenters. The Kier molecular flexibility index (Phi) is 5.12. The molecule has 3 aromatic rings. The van der Waals surface area contributed by atoms with Gasteiger partial charge in [0.2, 0.25) is 16.6 Å². The highest BCUT2D eigenvalue weighted by Crippen LogP contribution is 2.36. The molecule has 11 heteroatoms. The molecule has 156 valence electrons. The minimum atomic E-state index is -4.92. The number of alkyl halides is 2. The number of amides is 1. The lowest BCUT2D eigenvalue weighted by atomic mass is 10.1. The van der Waals surface area contributed by atoms with E-state index in [2.05, 4.69) is 10.5 Å². The van der Waals surface area contributed by atoms with Crippen LogP contribution in [-0.4, -0.2) is 32.0 Å². The standard InChI is InChI=1S/C19H14F2N2O6S/c20-19(21)30(25,26)17-4-2-1-3-13(17)18(24)22-9-12-8-15(29-23-12)11-5-6-14-16(7-11)28-10-27-14/h1-8,19H,9-10H2,(H,22,24). The number of carbonyl (C=O) groups excluding carboxylic acids is 1. The number of ether oxygens (including phenoxy) is 2. The second-order valence-corrected chi connectivity index (χ2v) is 8.12. The minimum Gasteiger partial charge on any atom is -0.454 e. The lowest BCUT2D eigenvalue weighted by Gasteiger charge is -2.09. The predicted molar refractivity (Wildman–Crippen MR) is 98.9 cm³/mol. The smallest absolute Gasteiger partial charge is 0.341 e. The number of nitrogens with one attached hydrogen (secondary N) is 1. The van der Waals surface area contributed by atoms with E-state index < -0.39 is 26.4 Å². The average molecular weight is 436 g/mol. The molecule has 4 rings (SSSR count). The molecule has 0 spiro atoms.